The lowest BCUT2D eigenvalue weighted by molar-refractivity contribution is -0.155. The van der Waals surface area contributed by atoms with E-state index in [0.29, 0.717) is 22.8 Å². The molecule has 0 aliphatic rings. The number of rotatable bonds is 8. The van der Waals surface area contributed by atoms with Crippen LogP contribution in [0.5, 0.6) is 11.5 Å². The molecule has 3 aromatic rings. The van der Waals surface area contributed by atoms with Crippen LogP contribution in [-0.2, 0) is 14.3 Å². The first-order valence-corrected chi connectivity index (χ1v) is 10.3. The summed E-state index contributed by atoms with van der Waals surface area (Å²) in [6.45, 7) is 2.89. The van der Waals surface area contributed by atoms with Gasteiger partial charge < -0.3 is 14.2 Å². The van der Waals surface area contributed by atoms with Gasteiger partial charge in [0.15, 0.2) is 41.0 Å². The third kappa shape index (κ3) is 5.79. The van der Waals surface area contributed by atoms with Crippen LogP contribution >= 0.6 is 11.3 Å². The molecule has 1 N–H and O–H groups in total. The summed E-state index contributed by atoms with van der Waals surface area (Å²) in [6, 6.07) is 8.64. The molecule has 1 heterocycles. The van der Waals surface area contributed by atoms with Gasteiger partial charge in [-0.1, -0.05) is 6.07 Å². The van der Waals surface area contributed by atoms with Gasteiger partial charge in [0.1, 0.15) is 0 Å². The fraction of sp³-hybridized carbons (Fsp3) is 0.227. The van der Waals surface area contributed by atoms with Crippen molar-refractivity contribution in [2.45, 2.75) is 20.0 Å². The average molecular weight is 462 g/mol. The van der Waals surface area contributed by atoms with Crippen molar-refractivity contribution >= 4 is 28.3 Å². The largest absolute Gasteiger partial charge is 0.493 e. The zero-order valence-electron chi connectivity index (χ0n) is 17.5. The van der Waals surface area contributed by atoms with Gasteiger partial charge in [0, 0.05) is 10.9 Å². The molecule has 1 atom stereocenters. The Morgan fingerprint density at radius 3 is 2.62 bits per heavy atom. The van der Waals surface area contributed by atoms with Gasteiger partial charge in [-0.2, -0.15) is 0 Å². The van der Waals surface area contributed by atoms with Gasteiger partial charge in [-0.15, -0.1) is 11.3 Å². The van der Waals surface area contributed by atoms with E-state index in [1.807, 2.05) is 13.0 Å². The van der Waals surface area contributed by atoms with E-state index in [-0.39, 0.29) is 5.13 Å². The number of carbonyl (C=O) groups excluding carboxylic acids is 2. The molecule has 32 heavy (non-hydrogen) atoms. The number of esters is 1. The van der Waals surface area contributed by atoms with E-state index in [1.54, 1.807) is 17.5 Å². The van der Waals surface area contributed by atoms with Gasteiger partial charge in [0.25, 0.3) is 5.91 Å². The van der Waals surface area contributed by atoms with Gasteiger partial charge in [-0.05, 0) is 49.7 Å². The van der Waals surface area contributed by atoms with Gasteiger partial charge in [-0.25, -0.2) is 18.6 Å². The summed E-state index contributed by atoms with van der Waals surface area (Å²) in [7, 11) is 1.49. The van der Waals surface area contributed by atoms with Crippen LogP contribution in [0.3, 0.4) is 0 Å². The molecule has 168 valence electrons. The van der Waals surface area contributed by atoms with E-state index >= 15 is 0 Å². The first kappa shape index (κ1) is 23.1. The van der Waals surface area contributed by atoms with E-state index in [9.17, 15) is 18.4 Å². The minimum absolute atomic E-state index is 0.221. The van der Waals surface area contributed by atoms with Gasteiger partial charge in [-0.3, -0.25) is 10.1 Å². The number of carbonyl (C=O) groups is 2. The second-order valence-electron chi connectivity index (χ2n) is 6.73. The first-order valence-electron chi connectivity index (χ1n) is 9.45. The minimum Gasteiger partial charge on any atom is -0.493 e. The molecule has 7 nitrogen and oxygen atoms in total. The number of halogens is 2. The molecule has 0 saturated carbocycles. The maximum absolute atomic E-state index is 13.4. The molecule has 3 rings (SSSR count). The van der Waals surface area contributed by atoms with Gasteiger partial charge in [0.2, 0.25) is 0 Å². The Morgan fingerprint density at radius 2 is 1.91 bits per heavy atom. The van der Waals surface area contributed by atoms with Crippen molar-refractivity contribution in [2.75, 3.05) is 19.0 Å². The maximum atomic E-state index is 13.4. The van der Waals surface area contributed by atoms with Crippen LogP contribution in [0, 0.1) is 18.6 Å². The standard InChI is InChI=1S/C22H20F2N2O5S/c1-12-4-7-18(19(8-12)29-3)30-10-20(27)31-13(2)21(28)26-22-25-17(11-32-22)14-5-6-15(23)16(24)9-14/h4-9,11,13H,10H2,1-3H3,(H,25,26,28). The predicted octanol–water partition coefficient (Wildman–Crippen LogP) is 4.35. The normalized spacial score (nSPS) is 11.5. The van der Waals surface area contributed by atoms with Crippen molar-refractivity contribution in [2.24, 2.45) is 0 Å². The molecule has 0 aliphatic carbocycles. The molecule has 2 aromatic carbocycles. The second kappa shape index (κ2) is 10.2. The van der Waals surface area contributed by atoms with Crippen LogP contribution in [-0.4, -0.2) is 36.7 Å². The molecule has 0 radical (unpaired) electrons. The Balaban J connectivity index is 1.53. The molecule has 0 spiro atoms. The van der Waals surface area contributed by atoms with E-state index in [1.165, 1.54) is 20.1 Å². The second-order valence-corrected chi connectivity index (χ2v) is 7.59. The first-order chi connectivity index (χ1) is 15.3. The number of hydrogen-bond acceptors (Lipinski definition) is 7. The van der Waals surface area contributed by atoms with Crippen LogP contribution in [0.1, 0.15) is 12.5 Å². The van der Waals surface area contributed by atoms with Gasteiger partial charge >= 0.3 is 5.97 Å². The summed E-state index contributed by atoms with van der Waals surface area (Å²) in [5, 5.41) is 4.33. The van der Waals surface area contributed by atoms with E-state index in [0.717, 1.165) is 29.0 Å². The van der Waals surface area contributed by atoms with Crippen molar-refractivity contribution in [3.8, 4) is 22.8 Å². The fourth-order valence-corrected chi connectivity index (χ4v) is 3.36. The van der Waals surface area contributed by atoms with Crippen molar-refractivity contribution < 1.29 is 32.6 Å². The quantitative estimate of drug-likeness (QED) is 0.501. The predicted molar refractivity (Wildman–Crippen MR) is 115 cm³/mol. The summed E-state index contributed by atoms with van der Waals surface area (Å²) < 4.78 is 42.2. The van der Waals surface area contributed by atoms with Crippen LogP contribution in [0.15, 0.2) is 41.8 Å². The number of aryl methyl sites for hydroxylation is 1. The molecule has 0 aliphatic heterocycles. The zero-order valence-corrected chi connectivity index (χ0v) is 18.3. The highest BCUT2D eigenvalue weighted by molar-refractivity contribution is 7.14. The third-order valence-electron chi connectivity index (χ3n) is 4.29. The SMILES string of the molecule is COc1cc(C)ccc1OCC(=O)OC(C)C(=O)Nc1nc(-c2ccc(F)c(F)c2)cs1. The van der Waals surface area contributed by atoms with Gasteiger partial charge in [0.05, 0.1) is 12.8 Å². The lowest BCUT2D eigenvalue weighted by Crippen LogP contribution is -2.31. The Kier molecular flexibility index (Phi) is 7.37. The molecule has 0 bridgehead atoms. The fourth-order valence-electron chi connectivity index (χ4n) is 2.64. The number of thiazole rings is 1. The van der Waals surface area contributed by atoms with Crippen molar-refractivity contribution in [1.82, 2.24) is 4.98 Å². The molecule has 1 unspecified atom stereocenters. The summed E-state index contributed by atoms with van der Waals surface area (Å²) in [5.74, 6) is -2.44. The molecule has 1 amide bonds. The van der Waals surface area contributed by atoms with Crippen LogP contribution < -0.4 is 14.8 Å². The summed E-state index contributed by atoms with van der Waals surface area (Å²) >= 11 is 1.09. The Labute approximate surface area is 187 Å². The summed E-state index contributed by atoms with van der Waals surface area (Å²) in [4.78, 5) is 28.5. The highest BCUT2D eigenvalue weighted by Gasteiger charge is 2.20. The lowest BCUT2D eigenvalue weighted by atomic mass is 10.2. The smallest absolute Gasteiger partial charge is 0.344 e. The minimum atomic E-state index is -1.11. The van der Waals surface area contributed by atoms with Crippen LogP contribution in [0.4, 0.5) is 13.9 Å². The summed E-state index contributed by atoms with van der Waals surface area (Å²) in [6.07, 6.45) is -1.11. The number of amides is 1. The Bertz CT molecular complexity index is 1140. The van der Waals surface area contributed by atoms with Crippen molar-refractivity contribution in [3.63, 3.8) is 0 Å². The van der Waals surface area contributed by atoms with E-state index < -0.39 is 36.2 Å². The van der Waals surface area contributed by atoms with E-state index in [4.69, 9.17) is 14.2 Å². The number of nitrogens with one attached hydrogen (secondary N) is 1. The lowest BCUT2D eigenvalue weighted by Gasteiger charge is -2.14. The van der Waals surface area contributed by atoms with E-state index in [2.05, 4.69) is 10.3 Å². The number of aromatic nitrogens is 1. The molecule has 10 heteroatoms. The summed E-state index contributed by atoms with van der Waals surface area (Å²) in [5.41, 5.74) is 1.70. The average Bonchev–Trinajstić information content (AvgIpc) is 3.23. The zero-order chi connectivity index (χ0) is 23.3. The molecule has 0 saturated heterocycles. The number of anilines is 1. The van der Waals surface area contributed by atoms with Crippen LogP contribution in [0.2, 0.25) is 0 Å². The number of methoxy groups -OCH3 is 1. The number of ether oxygens (including phenoxy) is 3. The Hall–Kier alpha value is -3.53. The number of benzene rings is 2. The highest BCUT2D eigenvalue weighted by Crippen LogP contribution is 2.28. The topological polar surface area (TPSA) is 86.8 Å². The molecular formula is C22H20F2N2O5S. The highest BCUT2D eigenvalue weighted by atomic mass is 32.1. The maximum Gasteiger partial charge on any atom is 0.344 e. The van der Waals surface area contributed by atoms with Crippen molar-refractivity contribution in [3.05, 3.63) is 59.0 Å². The third-order valence-corrected chi connectivity index (χ3v) is 5.05. The molecule has 0 fully saturated rings. The molecular weight excluding hydrogens is 442 g/mol. The van der Waals surface area contributed by atoms with Crippen molar-refractivity contribution in [1.29, 1.82) is 0 Å². The molecule has 1 aromatic heterocycles. The number of hydrogen-bond donors (Lipinski definition) is 1. The monoisotopic (exact) mass is 462 g/mol. The van der Waals surface area contributed by atoms with Crippen LogP contribution in [0.25, 0.3) is 11.3 Å². The Morgan fingerprint density at radius 1 is 1.12 bits per heavy atom. The number of nitrogens with zero attached hydrogens (tertiary/aromatic N) is 1.